The summed E-state index contributed by atoms with van der Waals surface area (Å²) in [4.78, 5) is 2.60. The van der Waals surface area contributed by atoms with Crippen LogP contribution in [-0.2, 0) is 4.74 Å². The van der Waals surface area contributed by atoms with E-state index in [0.717, 1.165) is 0 Å². The van der Waals surface area contributed by atoms with Crippen LogP contribution in [0.25, 0.3) is 0 Å². The third-order valence-electron chi connectivity index (χ3n) is 4.28. The van der Waals surface area contributed by atoms with Crippen molar-refractivity contribution < 1.29 is 4.74 Å². The Kier molecular flexibility index (Phi) is 5.49. The van der Waals surface area contributed by atoms with Crippen molar-refractivity contribution in [2.75, 3.05) is 19.6 Å². The highest BCUT2D eigenvalue weighted by atomic mass is 16.5. The van der Waals surface area contributed by atoms with Crippen molar-refractivity contribution in [2.24, 2.45) is 5.41 Å². The molecule has 3 heteroatoms. The summed E-state index contributed by atoms with van der Waals surface area (Å²) >= 11 is 0. The fourth-order valence-corrected chi connectivity index (χ4v) is 3.43. The fraction of sp³-hybridized carbons (Fsp3) is 1.00. The molecule has 0 aromatic rings. The molecule has 0 bridgehead atoms. The second-order valence-electron chi connectivity index (χ2n) is 8.28. The second-order valence-corrected chi connectivity index (χ2v) is 8.28. The molecule has 1 saturated heterocycles. The Labute approximate surface area is 125 Å². The molecule has 0 radical (unpaired) electrons. The van der Waals surface area contributed by atoms with Crippen molar-refractivity contribution in [3.05, 3.63) is 0 Å². The molecule has 1 aliphatic heterocycles. The quantitative estimate of drug-likeness (QED) is 0.839. The van der Waals surface area contributed by atoms with Crippen LogP contribution >= 0.6 is 0 Å². The summed E-state index contributed by atoms with van der Waals surface area (Å²) in [7, 11) is 0. The third-order valence-corrected chi connectivity index (χ3v) is 4.28. The van der Waals surface area contributed by atoms with Crippen molar-refractivity contribution >= 4 is 0 Å². The molecule has 3 nitrogen and oxygen atoms in total. The number of likely N-dealkylation sites (tertiary alicyclic amines) is 1. The van der Waals surface area contributed by atoms with Crippen LogP contribution in [-0.4, -0.2) is 48.8 Å². The Balaban J connectivity index is 1.59. The summed E-state index contributed by atoms with van der Waals surface area (Å²) in [5.74, 6) is 0. The van der Waals surface area contributed by atoms with E-state index in [9.17, 15) is 0 Å². The maximum absolute atomic E-state index is 6.25. The molecular weight excluding hydrogens is 248 g/mol. The van der Waals surface area contributed by atoms with Gasteiger partial charge in [0.2, 0.25) is 0 Å². The molecule has 20 heavy (non-hydrogen) atoms. The summed E-state index contributed by atoms with van der Waals surface area (Å²) in [6.07, 6.45) is 5.88. The van der Waals surface area contributed by atoms with Crippen LogP contribution in [0, 0.1) is 5.41 Å². The maximum Gasteiger partial charge on any atom is 0.0608 e. The fourth-order valence-electron chi connectivity index (χ4n) is 3.43. The van der Waals surface area contributed by atoms with Gasteiger partial charge in [0.15, 0.2) is 0 Å². The van der Waals surface area contributed by atoms with E-state index >= 15 is 0 Å². The number of nitrogens with one attached hydrogen (secondary N) is 1. The lowest BCUT2D eigenvalue weighted by Gasteiger charge is -2.41. The first kappa shape index (κ1) is 16.3. The first-order valence-electron chi connectivity index (χ1n) is 8.46. The summed E-state index contributed by atoms with van der Waals surface area (Å²) < 4.78 is 6.25. The van der Waals surface area contributed by atoms with Gasteiger partial charge >= 0.3 is 0 Å². The molecule has 1 aliphatic carbocycles. The predicted molar refractivity (Wildman–Crippen MR) is 85.1 cm³/mol. The monoisotopic (exact) mass is 282 g/mol. The highest BCUT2D eigenvalue weighted by Gasteiger charge is 2.33. The normalized spacial score (nSPS) is 29.7. The average Bonchev–Trinajstić information content (AvgIpc) is 2.26. The number of hydrogen-bond acceptors (Lipinski definition) is 3. The topological polar surface area (TPSA) is 24.5 Å². The Morgan fingerprint density at radius 2 is 1.70 bits per heavy atom. The van der Waals surface area contributed by atoms with Crippen LogP contribution in [0.2, 0.25) is 0 Å². The average molecular weight is 282 g/mol. The lowest BCUT2D eigenvalue weighted by molar-refractivity contribution is -0.0865. The second kappa shape index (κ2) is 6.76. The number of rotatable bonds is 5. The highest BCUT2D eigenvalue weighted by molar-refractivity contribution is 4.88. The van der Waals surface area contributed by atoms with E-state index < -0.39 is 0 Å². The lowest BCUT2D eigenvalue weighted by atomic mass is 9.88. The van der Waals surface area contributed by atoms with Crippen LogP contribution in [0.3, 0.4) is 0 Å². The van der Waals surface area contributed by atoms with Crippen LogP contribution in [0.5, 0.6) is 0 Å². The molecule has 1 heterocycles. The molecule has 0 aromatic heterocycles. The van der Waals surface area contributed by atoms with Gasteiger partial charge in [-0.15, -0.1) is 0 Å². The number of ether oxygens (including phenoxy) is 1. The van der Waals surface area contributed by atoms with E-state index in [1.807, 2.05) is 0 Å². The maximum atomic E-state index is 6.25. The van der Waals surface area contributed by atoms with Crippen molar-refractivity contribution in [2.45, 2.75) is 84.6 Å². The highest BCUT2D eigenvalue weighted by Crippen LogP contribution is 2.28. The molecule has 0 atom stereocenters. The number of hydrogen-bond donors (Lipinski definition) is 1. The van der Waals surface area contributed by atoms with E-state index in [1.54, 1.807) is 0 Å². The van der Waals surface area contributed by atoms with E-state index in [2.05, 4.69) is 44.8 Å². The molecule has 2 rings (SSSR count). The molecule has 0 spiro atoms. The van der Waals surface area contributed by atoms with Gasteiger partial charge in [-0.3, -0.25) is 0 Å². The lowest BCUT2D eigenvalue weighted by Crippen LogP contribution is -2.50. The van der Waals surface area contributed by atoms with Crippen molar-refractivity contribution in [3.8, 4) is 0 Å². The van der Waals surface area contributed by atoms with Gasteiger partial charge in [0.25, 0.3) is 0 Å². The SMILES string of the molecule is CC(C)N[C@H]1C[C@H](OC2CCN(CC(C)(C)C)CC2)C1. The number of nitrogens with zero attached hydrogens (tertiary/aromatic N) is 1. The molecule has 0 unspecified atom stereocenters. The predicted octanol–water partition coefficient (Wildman–Crippen LogP) is 3.04. The zero-order valence-electron chi connectivity index (χ0n) is 14.1. The standard InChI is InChI=1S/C17H34N2O/c1-13(2)18-14-10-16(11-14)20-15-6-8-19(9-7-15)12-17(3,4)5/h13-16,18H,6-12H2,1-5H3/t14-,16-. The van der Waals surface area contributed by atoms with Gasteiger partial charge in [0.05, 0.1) is 12.2 Å². The van der Waals surface area contributed by atoms with E-state index in [0.29, 0.717) is 29.7 Å². The van der Waals surface area contributed by atoms with Gasteiger partial charge < -0.3 is 15.0 Å². The molecular formula is C17H34N2O. The van der Waals surface area contributed by atoms with Gasteiger partial charge in [-0.2, -0.15) is 0 Å². The number of piperidine rings is 1. The van der Waals surface area contributed by atoms with Crippen molar-refractivity contribution in [1.82, 2.24) is 10.2 Å². The van der Waals surface area contributed by atoms with Crippen LogP contribution in [0.15, 0.2) is 0 Å². The Bertz CT molecular complexity index is 284. The van der Waals surface area contributed by atoms with Crippen LogP contribution < -0.4 is 5.32 Å². The third kappa shape index (κ3) is 5.34. The molecule has 1 saturated carbocycles. The minimum Gasteiger partial charge on any atom is -0.375 e. The molecule has 2 aliphatic rings. The molecule has 118 valence electrons. The van der Waals surface area contributed by atoms with Gasteiger partial charge in [-0.25, -0.2) is 0 Å². The van der Waals surface area contributed by atoms with Gasteiger partial charge in [0.1, 0.15) is 0 Å². The van der Waals surface area contributed by atoms with E-state index in [-0.39, 0.29) is 0 Å². The molecule has 0 aromatic carbocycles. The molecule has 2 fully saturated rings. The van der Waals surface area contributed by atoms with Gasteiger partial charge in [-0.05, 0) is 31.1 Å². The minimum absolute atomic E-state index is 0.414. The summed E-state index contributed by atoms with van der Waals surface area (Å²) in [6.45, 7) is 15.1. The van der Waals surface area contributed by atoms with E-state index in [1.165, 1.54) is 45.3 Å². The summed E-state index contributed by atoms with van der Waals surface area (Å²) in [6, 6.07) is 1.29. The first-order chi connectivity index (χ1) is 9.32. The minimum atomic E-state index is 0.414. The zero-order valence-corrected chi connectivity index (χ0v) is 14.1. The summed E-state index contributed by atoms with van der Waals surface area (Å²) in [5, 5.41) is 3.59. The first-order valence-corrected chi connectivity index (χ1v) is 8.46. The molecule has 1 N–H and O–H groups in total. The Hall–Kier alpha value is -0.120. The Morgan fingerprint density at radius 3 is 2.20 bits per heavy atom. The van der Waals surface area contributed by atoms with Crippen LogP contribution in [0.4, 0.5) is 0 Å². The van der Waals surface area contributed by atoms with Gasteiger partial charge in [0, 0.05) is 31.7 Å². The van der Waals surface area contributed by atoms with E-state index in [4.69, 9.17) is 4.74 Å². The Morgan fingerprint density at radius 1 is 1.10 bits per heavy atom. The zero-order chi connectivity index (χ0) is 14.8. The summed E-state index contributed by atoms with van der Waals surface area (Å²) in [5.41, 5.74) is 0.414. The smallest absolute Gasteiger partial charge is 0.0608 e. The van der Waals surface area contributed by atoms with Crippen molar-refractivity contribution in [1.29, 1.82) is 0 Å². The molecule has 0 amide bonds. The van der Waals surface area contributed by atoms with Gasteiger partial charge in [-0.1, -0.05) is 34.6 Å². The van der Waals surface area contributed by atoms with Crippen LogP contribution in [0.1, 0.15) is 60.3 Å². The largest absolute Gasteiger partial charge is 0.375 e. The van der Waals surface area contributed by atoms with Crippen molar-refractivity contribution in [3.63, 3.8) is 0 Å².